The molecule has 1 aromatic rings. The van der Waals surface area contributed by atoms with E-state index in [0.717, 1.165) is 31.1 Å². The fourth-order valence-electron chi connectivity index (χ4n) is 1.64. The molecular formula is C14H21ClO2. The molecular weight excluding hydrogens is 236 g/mol. The van der Waals surface area contributed by atoms with Crippen LogP contribution in [-0.2, 0) is 0 Å². The molecule has 0 saturated heterocycles. The van der Waals surface area contributed by atoms with E-state index in [0.29, 0.717) is 0 Å². The van der Waals surface area contributed by atoms with Gasteiger partial charge >= 0.3 is 0 Å². The molecule has 0 aliphatic rings. The minimum atomic E-state index is 0.275. The molecule has 0 radical (unpaired) electrons. The Bertz CT molecular complexity index is 285. The van der Waals surface area contributed by atoms with Crippen molar-refractivity contribution in [2.24, 2.45) is 0 Å². The first-order valence-electron chi connectivity index (χ1n) is 6.31. The van der Waals surface area contributed by atoms with Crippen LogP contribution in [0.5, 0.6) is 11.5 Å². The zero-order valence-corrected chi connectivity index (χ0v) is 11.0. The van der Waals surface area contributed by atoms with Gasteiger partial charge in [-0.2, -0.15) is 0 Å². The summed E-state index contributed by atoms with van der Waals surface area (Å²) < 4.78 is 5.56. The first kappa shape index (κ1) is 14.2. The van der Waals surface area contributed by atoms with Crippen LogP contribution >= 0.6 is 11.6 Å². The van der Waals surface area contributed by atoms with E-state index >= 15 is 0 Å². The normalized spacial score (nSPS) is 10.4. The summed E-state index contributed by atoms with van der Waals surface area (Å²) >= 11 is 5.61. The van der Waals surface area contributed by atoms with Crippen LogP contribution in [0.1, 0.15) is 38.5 Å². The van der Waals surface area contributed by atoms with Gasteiger partial charge in [0.2, 0.25) is 0 Å². The number of hydrogen-bond donors (Lipinski definition) is 1. The van der Waals surface area contributed by atoms with Gasteiger partial charge in [-0.05, 0) is 37.1 Å². The number of aromatic hydroxyl groups is 1. The molecule has 0 amide bonds. The molecule has 1 N–H and O–H groups in total. The number of benzene rings is 1. The van der Waals surface area contributed by atoms with Crippen LogP contribution in [0.3, 0.4) is 0 Å². The summed E-state index contributed by atoms with van der Waals surface area (Å²) in [5, 5.41) is 9.10. The summed E-state index contributed by atoms with van der Waals surface area (Å²) in [6.45, 7) is 0.750. The lowest BCUT2D eigenvalue weighted by atomic mass is 10.1. The zero-order chi connectivity index (χ0) is 12.3. The molecule has 1 rings (SSSR count). The number of phenols is 1. The monoisotopic (exact) mass is 256 g/mol. The van der Waals surface area contributed by atoms with Gasteiger partial charge in [0.25, 0.3) is 0 Å². The smallest absolute Gasteiger partial charge is 0.119 e. The molecule has 17 heavy (non-hydrogen) atoms. The molecule has 0 saturated carbocycles. The third-order valence-corrected chi connectivity index (χ3v) is 2.90. The van der Waals surface area contributed by atoms with Crippen LogP contribution in [0.15, 0.2) is 24.3 Å². The number of rotatable bonds is 9. The number of halogens is 1. The van der Waals surface area contributed by atoms with E-state index < -0.39 is 0 Å². The van der Waals surface area contributed by atoms with Crippen LogP contribution in [0.2, 0.25) is 0 Å². The second-order valence-electron chi connectivity index (χ2n) is 4.15. The summed E-state index contributed by atoms with van der Waals surface area (Å²) in [5.41, 5.74) is 0. The van der Waals surface area contributed by atoms with E-state index in [4.69, 9.17) is 21.4 Å². The van der Waals surface area contributed by atoms with Crippen molar-refractivity contribution in [3.8, 4) is 11.5 Å². The van der Waals surface area contributed by atoms with Crippen LogP contribution in [0.4, 0.5) is 0 Å². The van der Waals surface area contributed by atoms with E-state index in [1.165, 1.54) is 25.7 Å². The average Bonchev–Trinajstić information content (AvgIpc) is 2.35. The fourth-order valence-corrected chi connectivity index (χ4v) is 1.83. The maximum Gasteiger partial charge on any atom is 0.119 e. The van der Waals surface area contributed by atoms with Crippen molar-refractivity contribution in [2.75, 3.05) is 12.5 Å². The lowest BCUT2D eigenvalue weighted by Gasteiger charge is -2.05. The van der Waals surface area contributed by atoms with Crippen LogP contribution in [-0.4, -0.2) is 17.6 Å². The maximum atomic E-state index is 9.10. The van der Waals surface area contributed by atoms with E-state index in [-0.39, 0.29) is 5.75 Å². The third kappa shape index (κ3) is 7.11. The average molecular weight is 257 g/mol. The summed E-state index contributed by atoms with van der Waals surface area (Å²) in [4.78, 5) is 0. The molecule has 0 atom stereocenters. The molecule has 0 heterocycles. The van der Waals surface area contributed by atoms with Crippen molar-refractivity contribution in [3.63, 3.8) is 0 Å². The quantitative estimate of drug-likeness (QED) is 0.526. The SMILES string of the molecule is Oc1ccc(OCCCCCCCCCl)cc1. The Kier molecular flexibility index (Phi) is 7.65. The zero-order valence-electron chi connectivity index (χ0n) is 10.2. The van der Waals surface area contributed by atoms with Gasteiger partial charge in [-0.3, -0.25) is 0 Å². The van der Waals surface area contributed by atoms with Gasteiger partial charge in [0, 0.05) is 5.88 Å². The summed E-state index contributed by atoms with van der Waals surface area (Å²) in [6.07, 6.45) is 7.19. The second-order valence-corrected chi connectivity index (χ2v) is 4.53. The van der Waals surface area contributed by atoms with Crippen molar-refractivity contribution in [1.29, 1.82) is 0 Å². The Morgan fingerprint density at radius 1 is 0.882 bits per heavy atom. The Morgan fingerprint density at radius 2 is 1.47 bits per heavy atom. The number of unbranched alkanes of at least 4 members (excludes halogenated alkanes) is 5. The fraction of sp³-hybridized carbons (Fsp3) is 0.571. The minimum absolute atomic E-state index is 0.275. The highest BCUT2D eigenvalue weighted by molar-refractivity contribution is 6.17. The van der Waals surface area contributed by atoms with Crippen LogP contribution in [0, 0.1) is 0 Å². The topological polar surface area (TPSA) is 29.5 Å². The molecule has 0 fully saturated rings. The predicted molar refractivity (Wildman–Crippen MR) is 72.0 cm³/mol. The first-order valence-corrected chi connectivity index (χ1v) is 6.84. The van der Waals surface area contributed by atoms with Gasteiger partial charge in [0.1, 0.15) is 11.5 Å². The van der Waals surface area contributed by atoms with Crippen molar-refractivity contribution in [1.82, 2.24) is 0 Å². The molecule has 1 aromatic carbocycles. The summed E-state index contributed by atoms with van der Waals surface area (Å²) in [5.74, 6) is 1.88. The highest BCUT2D eigenvalue weighted by atomic mass is 35.5. The molecule has 0 bridgehead atoms. The van der Waals surface area contributed by atoms with Crippen molar-refractivity contribution in [3.05, 3.63) is 24.3 Å². The Hall–Kier alpha value is -0.890. The maximum absolute atomic E-state index is 9.10. The van der Waals surface area contributed by atoms with Gasteiger partial charge in [-0.1, -0.05) is 25.7 Å². The number of ether oxygens (including phenoxy) is 1. The summed E-state index contributed by atoms with van der Waals surface area (Å²) in [6, 6.07) is 6.86. The molecule has 0 aromatic heterocycles. The van der Waals surface area contributed by atoms with Gasteiger partial charge < -0.3 is 9.84 Å². The second kappa shape index (κ2) is 9.17. The number of phenolic OH excluding ortho intramolecular Hbond substituents is 1. The molecule has 3 heteroatoms. The Morgan fingerprint density at radius 3 is 2.12 bits per heavy atom. The van der Waals surface area contributed by atoms with Crippen molar-refractivity contribution in [2.45, 2.75) is 38.5 Å². The van der Waals surface area contributed by atoms with Gasteiger partial charge in [0.15, 0.2) is 0 Å². The van der Waals surface area contributed by atoms with E-state index in [1.54, 1.807) is 24.3 Å². The van der Waals surface area contributed by atoms with E-state index in [1.807, 2.05) is 0 Å². The van der Waals surface area contributed by atoms with Crippen LogP contribution < -0.4 is 4.74 Å². The minimum Gasteiger partial charge on any atom is -0.508 e. The molecule has 0 unspecified atom stereocenters. The standard InChI is InChI=1S/C14H21ClO2/c15-11-5-3-1-2-4-6-12-17-14-9-7-13(16)8-10-14/h7-10,16H,1-6,11-12H2. The molecule has 96 valence electrons. The van der Waals surface area contributed by atoms with Crippen LogP contribution in [0.25, 0.3) is 0 Å². The highest BCUT2D eigenvalue weighted by Crippen LogP contribution is 2.16. The molecule has 2 nitrogen and oxygen atoms in total. The summed E-state index contributed by atoms with van der Waals surface area (Å²) in [7, 11) is 0. The van der Waals surface area contributed by atoms with E-state index in [2.05, 4.69) is 0 Å². The Balaban J connectivity index is 1.95. The molecule has 0 aliphatic heterocycles. The van der Waals surface area contributed by atoms with Crippen molar-refractivity contribution >= 4 is 11.6 Å². The lowest BCUT2D eigenvalue weighted by Crippen LogP contribution is -1.96. The molecule has 0 aliphatic carbocycles. The largest absolute Gasteiger partial charge is 0.508 e. The number of alkyl halides is 1. The van der Waals surface area contributed by atoms with Gasteiger partial charge in [0.05, 0.1) is 6.61 Å². The number of hydrogen-bond acceptors (Lipinski definition) is 2. The van der Waals surface area contributed by atoms with Crippen molar-refractivity contribution < 1.29 is 9.84 Å². The predicted octanol–water partition coefficient (Wildman–Crippen LogP) is 4.35. The van der Waals surface area contributed by atoms with E-state index in [9.17, 15) is 0 Å². The molecule has 0 spiro atoms. The Labute approximate surface area is 109 Å². The highest BCUT2D eigenvalue weighted by Gasteiger charge is 1.95. The first-order chi connectivity index (χ1) is 8.33. The van der Waals surface area contributed by atoms with Gasteiger partial charge in [-0.25, -0.2) is 0 Å². The lowest BCUT2D eigenvalue weighted by molar-refractivity contribution is 0.304. The third-order valence-electron chi connectivity index (χ3n) is 2.63. The van der Waals surface area contributed by atoms with Gasteiger partial charge in [-0.15, -0.1) is 11.6 Å².